The van der Waals surface area contributed by atoms with Crippen LogP contribution in [0.4, 0.5) is 19.1 Å². The summed E-state index contributed by atoms with van der Waals surface area (Å²) in [6, 6.07) is 7.67. The Bertz CT molecular complexity index is 669. The molecule has 0 unspecified atom stereocenters. The van der Waals surface area contributed by atoms with Crippen molar-refractivity contribution in [3.8, 4) is 0 Å². The van der Waals surface area contributed by atoms with Gasteiger partial charge >= 0.3 is 6.18 Å². The molecule has 1 fully saturated rings. The quantitative estimate of drug-likeness (QED) is 0.539. The number of rotatable bonds is 5. The molecule has 0 aliphatic carbocycles. The number of nitrogens with one attached hydrogen (secondary N) is 1. The molecule has 0 spiro atoms. The molecule has 1 aromatic carbocycles. The van der Waals surface area contributed by atoms with Gasteiger partial charge in [0.05, 0.1) is 17.6 Å². The van der Waals surface area contributed by atoms with Crippen molar-refractivity contribution < 1.29 is 17.9 Å². The lowest BCUT2D eigenvalue weighted by atomic mass is 10.3. The summed E-state index contributed by atoms with van der Waals surface area (Å²) in [5.41, 5.74) is 1.76. The summed E-state index contributed by atoms with van der Waals surface area (Å²) in [5.74, 6) is 0.801. The maximum absolute atomic E-state index is 12.2. The van der Waals surface area contributed by atoms with Gasteiger partial charge in [0.25, 0.3) is 0 Å². The summed E-state index contributed by atoms with van der Waals surface area (Å²) in [5, 5.41) is 3.34. The molecular formula is C16H22F3IN4O. The zero-order valence-corrected chi connectivity index (χ0v) is 16.1. The summed E-state index contributed by atoms with van der Waals surface area (Å²) in [7, 11) is 0. The fourth-order valence-electron chi connectivity index (χ4n) is 2.91. The third-order valence-corrected chi connectivity index (χ3v) is 3.98. The molecule has 1 aliphatic rings. The van der Waals surface area contributed by atoms with E-state index < -0.39 is 12.8 Å². The van der Waals surface area contributed by atoms with E-state index in [-0.39, 0.29) is 30.6 Å². The molecular weight excluding hydrogens is 448 g/mol. The lowest BCUT2D eigenvalue weighted by Crippen LogP contribution is -2.30. The van der Waals surface area contributed by atoms with Crippen molar-refractivity contribution in [2.45, 2.75) is 19.1 Å². The van der Waals surface area contributed by atoms with Gasteiger partial charge in [0.15, 0.2) is 0 Å². The number of imidazole rings is 1. The Morgan fingerprint density at radius 3 is 2.76 bits per heavy atom. The summed E-state index contributed by atoms with van der Waals surface area (Å²) >= 11 is 0. The van der Waals surface area contributed by atoms with E-state index >= 15 is 0 Å². The van der Waals surface area contributed by atoms with Crippen LogP contribution in [0.1, 0.15) is 6.42 Å². The zero-order valence-electron chi connectivity index (χ0n) is 13.8. The lowest BCUT2D eigenvalue weighted by Gasteiger charge is -2.22. The molecule has 9 heteroatoms. The molecule has 1 N–H and O–H groups in total. The third kappa shape index (κ3) is 5.45. The minimum Gasteiger partial charge on any atom is -0.370 e. The third-order valence-electron chi connectivity index (χ3n) is 3.98. The molecule has 1 aromatic heterocycles. The number of halogens is 4. The Morgan fingerprint density at radius 1 is 1.16 bits per heavy atom. The average Bonchev–Trinajstić information content (AvgIpc) is 2.71. The van der Waals surface area contributed by atoms with Gasteiger partial charge in [-0.3, -0.25) is 0 Å². The number of nitrogens with zero attached hydrogens (tertiary/aromatic N) is 3. The molecule has 140 valence electrons. The van der Waals surface area contributed by atoms with Gasteiger partial charge in [-0.15, -0.1) is 24.0 Å². The maximum Gasteiger partial charge on any atom is 0.411 e. The van der Waals surface area contributed by atoms with Gasteiger partial charge in [0.1, 0.15) is 6.61 Å². The molecule has 5 nitrogen and oxygen atoms in total. The summed E-state index contributed by atoms with van der Waals surface area (Å²) in [4.78, 5) is 6.87. The predicted octanol–water partition coefficient (Wildman–Crippen LogP) is 3.03. The van der Waals surface area contributed by atoms with E-state index in [1.165, 1.54) is 0 Å². The molecule has 2 heterocycles. The number of ether oxygens (including phenoxy) is 1. The van der Waals surface area contributed by atoms with Gasteiger partial charge in [-0.25, -0.2) is 4.98 Å². The maximum atomic E-state index is 12.2. The fourth-order valence-corrected chi connectivity index (χ4v) is 2.91. The van der Waals surface area contributed by atoms with Crippen LogP contribution in [0.3, 0.4) is 0 Å². The summed E-state index contributed by atoms with van der Waals surface area (Å²) < 4.78 is 43.4. The van der Waals surface area contributed by atoms with Gasteiger partial charge in [-0.2, -0.15) is 13.2 Å². The molecule has 0 saturated carbocycles. The molecule has 0 radical (unpaired) electrons. The summed E-state index contributed by atoms with van der Waals surface area (Å²) in [6.07, 6.45) is -3.29. The number of fused-ring (bicyclic) bond motifs is 1. The normalized spacial score (nSPS) is 15.9. The van der Waals surface area contributed by atoms with E-state index in [0.29, 0.717) is 6.54 Å². The predicted molar refractivity (Wildman–Crippen MR) is 102 cm³/mol. The van der Waals surface area contributed by atoms with Crippen LogP contribution in [0, 0.1) is 0 Å². The van der Waals surface area contributed by atoms with Crippen molar-refractivity contribution in [2.75, 3.05) is 44.3 Å². The molecule has 0 bridgehead atoms. The Balaban J connectivity index is 0.00000225. The van der Waals surface area contributed by atoms with E-state index in [1.54, 1.807) is 0 Å². The SMILES string of the molecule is FC(F)(F)COCCn1c(N2CCCNCC2)nc2ccccc21.I. The molecule has 1 saturated heterocycles. The van der Waals surface area contributed by atoms with Crippen LogP contribution in [-0.2, 0) is 11.3 Å². The van der Waals surface area contributed by atoms with E-state index in [1.807, 2.05) is 28.8 Å². The number of para-hydroxylation sites is 2. The monoisotopic (exact) mass is 470 g/mol. The first kappa shape index (κ1) is 20.2. The van der Waals surface area contributed by atoms with Gasteiger partial charge in [-0.1, -0.05) is 12.1 Å². The number of hydrogen-bond acceptors (Lipinski definition) is 4. The van der Waals surface area contributed by atoms with Crippen molar-refractivity contribution in [2.24, 2.45) is 0 Å². The smallest absolute Gasteiger partial charge is 0.370 e. The topological polar surface area (TPSA) is 42.3 Å². The lowest BCUT2D eigenvalue weighted by molar-refractivity contribution is -0.174. The molecule has 25 heavy (non-hydrogen) atoms. The van der Waals surface area contributed by atoms with E-state index in [4.69, 9.17) is 4.74 Å². The standard InChI is InChI=1S/C16H21F3N4O.HI/c17-16(18,19)12-24-11-10-23-14-5-2-1-4-13(14)21-15(23)22-8-3-6-20-7-9-22;/h1-2,4-5,20H,3,6-12H2;1H. The zero-order chi connectivity index (χ0) is 17.0. The minimum absolute atomic E-state index is 0. The highest BCUT2D eigenvalue weighted by Crippen LogP contribution is 2.23. The van der Waals surface area contributed by atoms with Crippen LogP contribution < -0.4 is 10.2 Å². The second-order valence-corrected chi connectivity index (χ2v) is 5.81. The van der Waals surface area contributed by atoms with Gasteiger partial charge < -0.3 is 19.5 Å². The highest BCUT2D eigenvalue weighted by molar-refractivity contribution is 14.0. The van der Waals surface area contributed by atoms with Crippen LogP contribution in [0.5, 0.6) is 0 Å². The summed E-state index contributed by atoms with van der Waals surface area (Å²) in [6.45, 7) is 2.66. The molecule has 2 aromatic rings. The number of hydrogen-bond donors (Lipinski definition) is 1. The van der Waals surface area contributed by atoms with Gasteiger partial charge in [0.2, 0.25) is 5.95 Å². The highest BCUT2D eigenvalue weighted by Gasteiger charge is 2.27. The minimum atomic E-state index is -4.30. The largest absolute Gasteiger partial charge is 0.411 e. The van der Waals surface area contributed by atoms with Crippen molar-refractivity contribution in [1.82, 2.24) is 14.9 Å². The molecule has 1 aliphatic heterocycles. The number of benzene rings is 1. The highest BCUT2D eigenvalue weighted by atomic mass is 127. The van der Waals surface area contributed by atoms with Crippen LogP contribution in [0.25, 0.3) is 11.0 Å². The van der Waals surface area contributed by atoms with Gasteiger partial charge in [-0.05, 0) is 25.1 Å². The Hall–Kier alpha value is -1.07. The van der Waals surface area contributed by atoms with Gasteiger partial charge in [0, 0.05) is 26.2 Å². The van der Waals surface area contributed by atoms with Crippen molar-refractivity contribution in [3.63, 3.8) is 0 Å². The first-order chi connectivity index (χ1) is 11.5. The molecule has 0 atom stereocenters. The van der Waals surface area contributed by atoms with E-state index in [9.17, 15) is 13.2 Å². The molecule has 3 rings (SSSR count). The number of alkyl halides is 3. The van der Waals surface area contributed by atoms with Crippen molar-refractivity contribution in [1.29, 1.82) is 0 Å². The van der Waals surface area contributed by atoms with Crippen LogP contribution >= 0.6 is 24.0 Å². The second-order valence-electron chi connectivity index (χ2n) is 5.81. The number of aromatic nitrogens is 2. The second kappa shape index (κ2) is 9.04. The van der Waals surface area contributed by atoms with Crippen molar-refractivity contribution >= 4 is 41.0 Å². The Labute approximate surface area is 161 Å². The first-order valence-corrected chi connectivity index (χ1v) is 8.10. The number of anilines is 1. The van der Waals surface area contributed by atoms with Crippen LogP contribution in [-0.4, -0.2) is 55.1 Å². The van der Waals surface area contributed by atoms with E-state index in [2.05, 4.69) is 15.2 Å². The Morgan fingerprint density at radius 2 is 1.96 bits per heavy atom. The first-order valence-electron chi connectivity index (χ1n) is 8.10. The average molecular weight is 470 g/mol. The van der Waals surface area contributed by atoms with E-state index in [0.717, 1.165) is 49.6 Å². The van der Waals surface area contributed by atoms with Crippen LogP contribution in [0.15, 0.2) is 24.3 Å². The Kier molecular flexibility index (Phi) is 7.32. The molecule has 0 amide bonds. The van der Waals surface area contributed by atoms with Crippen molar-refractivity contribution in [3.05, 3.63) is 24.3 Å². The van der Waals surface area contributed by atoms with Crippen LogP contribution in [0.2, 0.25) is 0 Å². The fraction of sp³-hybridized carbons (Fsp3) is 0.562.